The number of oxime groups is 1. The van der Waals surface area contributed by atoms with Crippen molar-refractivity contribution in [3.63, 3.8) is 0 Å². The molecule has 2 aliphatic rings. The van der Waals surface area contributed by atoms with E-state index in [1.165, 1.54) is 11.8 Å². The van der Waals surface area contributed by atoms with Crippen LogP contribution in [-0.2, 0) is 4.84 Å². The summed E-state index contributed by atoms with van der Waals surface area (Å²) >= 11 is 1.23. The SMILES string of the molecule is O=C1NC2=NO[C@@H](c3ccccc3)[C@H]2S1. The molecule has 2 aliphatic heterocycles. The van der Waals surface area contributed by atoms with Gasteiger partial charge in [-0.3, -0.25) is 4.79 Å². The Kier molecular flexibility index (Phi) is 1.92. The van der Waals surface area contributed by atoms with Gasteiger partial charge in [0.15, 0.2) is 11.9 Å². The standard InChI is InChI=1S/C10H8N2O2S/c13-10-11-9-8(15-10)7(14-12-9)6-4-2-1-3-5-6/h1-5,7-8H,(H,11,12,13)/t7-,8+/m0/s1. The van der Waals surface area contributed by atoms with Crippen LogP contribution in [0, 0.1) is 0 Å². The predicted molar refractivity (Wildman–Crippen MR) is 57.6 cm³/mol. The minimum absolute atomic E-state index is 0.0140. The fourth-order valence-electron chi connectivity index (χ4n) is 1.70. The molecule has 1 N–H and O–H groups in total. The number of amides is 1. The van der Waals surface area contributed by atoms with E-state index in [2.05, 4.69) is 10.5 Å². The van der Waals surface area contributed by atoms with Gasteiger partial charge in [0.25, 0.3) is 5.24 Å². The van der Waals surface area contributed by atoms with Gasteiger partial charge in [0.1, 0.15) is 5.25 Å². The summed E-state index contributed by atoms with van der Waals surface area (Å²) in [7, 11) is 0. The molecular weight excluding hydrogens is 212 g/mol. The summed E-state index contributed by atoms with van der Waals surface area (Å²) in [5, 5.41) is 6.47. The fourth-order valence-corrected chi connectivity index (χ4v) is 2.64. The second kappa shape index (κ2) is 3.27. The minimum Gasteiger partial charge on any atom is -0.384 e. The first-order chi connectivity index (χ1) is 7.34. The third-order valence-corrected chi connectivity index (χ3v) is 3.44. The van der Waals surface area contributed by atoms with E-state index in [1.54, 1.807) is 0 Å². The predicted octanol–water partition coefficient (Wildman–Crippen LogP) is 1.90. The molecule has 0 aromatic heterocycles. The Morgan fingerprint density at radius 1 is 1.33 bits per heavy atom. The number of rotatable bonds is 1. The summed E-state index contributed by atoms with van der Waals surface area (Å²) < 4.78 is 0. The molecule has 4 nitrogen and oxygen atoms in total. The number of nitrogens with one attached hydrogen (secondary N) is 1. The zero-order chi connectivity index (χ0) is 10.3. The van der Waals surface area contributed by atoms with E-state index in [4.69, 9.17) is 4.84 Å². The van der Waals surface area contributed by atoms with E-state index in [-0.39, 0.29) is 16.6 Å². The van der Waals surface area contributed by atoms with Gasteiger partial charge in [-0.1, -0.05) is 35.5 Å². The van der Waals surface area contributed by atoms with Crippen LogP contribution < -0.4 is 5.32 Å². The first-order valence-corrected chi connectivity index (χ1v) is 5.49. The maximum Gasteiger partial charge on any atom is 0.285 e. The fraction of sp³-hybridized carbons (Fsp3) is 0.200. The maximum absolute atomic E-state index is 11.1. The van der Waals surface area contributed by atoms with Crippen LogP contribution in [0.2, 0.25) is 0 Å². The number of fused-ring (bicyclic) bond motifs is 1. The Bertz CT molecular complexity index is 432. The summed E-state index contributed by atoms with van der Waals surface area (Å²) in [4.78, 5) is 16.5. The van der Waals surface area contributed by atoms with Crippen molar-refractivity contribution < 1.29 is 9.63 Å². The van der Waals surface area contributed by atoms with Crippen LogP contribution in [0.4, 0.5) is 4.79 Å². The van der Waals surface area contributed by atoms with E-state index in [1.807, 2.05) is 30.3 Å². The van der Waals surface area contributed by atoms with Gasteiger partial charge >= 0.3 is 0 Å². The average molecular weight is 220 g/mol. The highest BCUT2D eigenvalue weighted by Gasteiger charge is 2.43. The molecule has 0 saturated carbocycles. The Labute approximate surface area is 90.7 Å². The molecule has 0 aliphatic carbocycles. The van der Waals surface area contributed by atoms with Gasteiger partial charge in [0, 0.05) is 0 Å². The van der Waals surface area contributed by atoms with Crippen molar-refractivity contribution in [3.05, 3.63) is 35.9 Å². The number of carbonyl (C=O) groups is 1. The van der Waals surface area contributed by atoms with Crippen molar-refractivity contribution in [2.24, 2.45) is 5.16 Å². The van der Waals surface area contributed by atoms with Gasteiger partial charge in [-0.2, -0.15) is 0 Å². The molecule has 1 fully saturated rings. The number of carbonyl (C=O) groups excluding carboxylic acids is 1. The third-order valence-electron chi connectivity index (χ3n) is 2.40. The van der Waals surface area contributed by atoms with Crippen molar-refractivity contribution in [1.29, 1.82) is 0 Å². The summed E-state index contributed by atoms with van der Waals surface area (Å²) in [6, 6.07) is 9.81. The summed E-state index contributed by atoms with van der Waals surface area (Å²) in [6.45, 7) is 0. The molecule has 1 saturated heterocycles. The monoisotopic (exact) mass is 220 g/mol. The van der Waals surface area contributed by atoms with Crippen LogP contribution in [-0.4, -0.2) is 16.3 Å². The van der Waals surface area contributed by atoms with Crippen LogP contribution in [0.3, 0.4) is 0 Å². The van der Waals surface area contributed by atoms with Crippen molar-refractivity contribution in [3.8, 4) is 0 Å². The number of thioether (sulfide) groups is 1. The highest BCUT2D eigenvalue weighted by atomic mass is 32.2. The molecule has 0 spiro atoms. The van der Waals surface area contributed by atoms with Gasteiger partial charge in [-0.05, 0) is 17.3 Å². The average Bonchev–Trinajstić information content (AvgIpc) is 2.77. The van der Waals surface area contributed by atoms with Crippen molar-refractivity contribution in [1.82, 2.24) is 5.32 Å². The van der Waals surface area contributed by atoms with E-state index < -0.39 is 0 Å². The van der Waals surface area contributed by atoms with Gasteiger partial charge in [-0.15, -0.1) is 0 Å². The van der Waals surface area contributed by atoms with Gasteiger partial charge in [0.05, 0.1) is 0 Å². The Morgan fingerprint density at radius 2 is 2.13 bits per heavy atom. The topological polar surface area (TPSA) is 50.7 Å². The molecule has 3 rings (SSSR count). The number of amidine groups is 1. The molecule has 15 heavy (non-hydrogen) atoms. The number of nitrogens with zero attached hydrogens (tertiary/aromatic N) is 1. The molecular formula is C10H8N2O2S. The Balaban J connectivity index is 1.90. The first-order valence-electron chi connectivity index (χ1n) is 4.61. The Hall–Kier alpha value is -1.49. The molecule has 2 heterocycles. The van der Waals surface area contributed by atoms with E-state index in [0.29, 0.717) is 5.84 Å². The quantitative estimate of drug-likeness (QED) is 0.786. The molecule has 76 valence electrons. The second-order valence-corrected chi connectivity index (χ2v) is 4.48. The molecule has 1 aromatic carbocycles. The van der Waals surface area contributed by atoms with E-state index in [0.717, 1.165) is 5.56 Å². The lowest BCUT2D eigenvalue weighted by molar-refractivity contribution is 0.0882. The lowest BCUT2D eigenvalue weighted by atomic mass is 10.1. The lowest BCUT2D eigenvalue weighted by Gasteiger charge is -2.12. The molecule has 0 bridgehead atoms. The highest BCUT2D eigenvalue weighted by molar-refractivity contribution is 8.15. The van der Waals surface area contributed by atoms with Crippen LogP contribution in [0.1, 0.15) is 11.7 Å². The zero-order valence-corrected chi connectivity index (χ0v) is 8.53. The van der Waals surface area contributed by atoms with Crippen LogP contribution in [0.15, 0.2) is 35.5 Å². The lowest BCUT2D eigenvalue weighted by Crippen LogP contribution is -2.23. The number of benzene rings is 1. The van der Waals surface area contributed by atoms with Crippen LogP contribution in [0.25, 0.3) is 0 Å². The van der Waals surface area contributed by atoms with Crippen molar-refractivity contribution >= 4 is 22.8 Å². The smallest absolute Gasteiger partial charge is 0.285 e. The Morgan fingerprint density at radius 3 is 2.93 bits per heavy atom. The van der Waals surface area contributed by atoms with Gasteiger partial charge in [-0.25, -0.2) is 0 Å². The maximum atomic E-state index is 11.1. The molecule has 1 amide bonds. The normalized spacial score (nSPS) is 28.0. The van der Waals surface area contributed by atoms with E-state index in [9.17, 15) is 4.79 Å². The molecule has 2 atom stereocenters. The summed E-state index contributed by atoms with van der Waals surface area (Å²) in [5.74, 6) is 0.638. The van der Waals surface area contributed by atoms with Crippen LogP contribution in [0.5, 0.6) is 0 Å². The molecule has 5 heteroatoms. The molecule has 1 aromatic rings. The van der Waals surface area contributed by atoms with Gasteiger partial charge in [0.2, 0.25) is 0 Å². The first kappa shape index (κ1) is 8.79. The molecule has 0 radical (unpaired) electrons. The number of hydrogen-bond donors (Lipinski definition) is 1. The summed E-state index contributed by atoms with van der Waals surface area (Å²) in [6.07, 6.45) is -0.148. The number of hydrogen-bond acceptors (Lipinski definition) is 4. The second-order valence-electron chi connectivity index (χ2n) is 3.36. The van der Waals surface area contributed by atoms with Crippen molar-refractivity contribution in [2.75, 3.05) is 0 Å². The minimum atomic E-state index is -0.148. The van der Waals surface area contributed by atoms with Gasteiger partial charge < -0.3 is 10.2 Å². The van der Waals surface area contributed by atoms with E-state index >= 15 is 0 Å². The summed E-state index contributed by atoms with van der Waals surface area (Å²) in [5.41, 5.74) is 1.05. The highest BCUT2D eigenvalue weighted by Crippen LogP contribution is 2.38. The van der Waals surface area contributed by atoms with Crippen molar-refractivity contribution in [2.45, 2.75) is 11.4 Å². The third kappa shape index (κ3) is 1.39. The molecule has 0 unspecified atom stereocenters. The zero-order valence-electron chi connectivity index (χ0n) is 7.71. The largest absolute Gasteiger partial charge is 0.384 e. The van der Waals surface area contributed by atoms with Crippen LogP contribution >= 0.6 is 11.8 Å².